The maximum absolute atomic E-state index is 13.2. The predicted octanol–water partition coefficient (Wildman–Crippen LogP) is 5.00. The van der Waals surface area contributed by atoms with E-state index in [0.29, 0.717) is 22.9 Å². The molecule has 0 aliphatic rings. The highest BCUT2D eigenvalue weighted by atomic mass is 32.2. The van der Waals surface area contributed by atoms with E-state index in [1.807, 2.05) is 24.3 Å². The molecule has 0 fully saturated rings. The summed E-state index contributed by atoms with van der Waals surface area (Å²) in [4.78, 5) is 0.174. The Labute approximate surface area is 157 Å². The molecule has 2 aromatic carbocycles. The van der Waals surface area contributed by atoms with Crippen LogP contribution in [-0.4, -0.2) is 24.5 Å². The fraction of sp³-hybridized carbons (Fsp3) is 0.250. The third kappa shape index (κ3) is 4.08. The van der Waals surface area contributed by atoms with E-state index in [1.54, 1.807) is 12.1 Å². The lowest BCUT2D eigenvalue weighted by atomic mass is 10.0. The average molecular weight is 390 g/mol. The smallest absolute Gasteiger partial charge is 0.233 e. The van der Waals surface area contributed by atoms with Crippen LogP contribution in [0.5, 0.6) is 0 Å². The first-order valence-electron chi connectivity index (χ1n) is 8.46. The van der Waals surface area contributed by atoms with Crippen LogP contribution in [-0.2, 0) is 9.84 Å². The molecule has 3 rings (SSSR count). The summed E-state index contributed by atoms with van der Waals surface area (Å²) in [7, 11) is -3.33. The monoisotopic (exact) mass is 390 g/mol. The number of sulfone groups is 1. The third-order valence-corrected chi connectivity index (χ3v) is 5.46. The molecule has 27 heavy (non-hydrogen) atoms. The van der Waals surface area contributed by atoms with E-state index < -0.39 is 16.3 Å². The van der Waals surface area contributed by atoms with Crippen LogP contribution in [0.2, 0.25) is 0 Å². The van der Waals surface area contributed by atoms with Gasteiger partial charge in [-0.15, -0.1) is 0 Å². The first-order chi connectivity index (χ1) is 12.7. The van der Waals surface area contributed by atoms with Crippen molar-refractivity contribution in [3.8, 4) is 16.9 Å². The largest absolute Gasteiger partial charge is 0.282 e. The Balaban J connectivity index is 2.09. The minimum atomic E-state index is -3.33. The van der Waals surface area contributed by atoms with Crippen molar-refractivity contribution in [1.29, 1.82) is 0 Å². The van der Waals surface area contributed by atoms with Gasteiger partial charge in [0.2, 0.25) is 0 Å². The zero-order chi connectivity index (χ0) is 19.8. The number of hydrogen-bond donors (Lipinski definition) is 0. The normalized spacial score (nSPS) is 12.1. The fourth-order valence-corrected chi connectivity index (χ4v) is 3.41. The summed E-state index contributed by atoms with van der Waals surface area (Å²) in [6.45, 7) is 4.15. The van der Waals surface area contributed by atoms with Crippen LogP contribution in [0.1, 0.15) is 37.4 Å². The van der Waals surface area contributed by atoms with Crippen LogP contribution < -0.4 is 0 Å². The van der Waals surface area contributed by atoms with Gasteiger partial charge in [-0.05, 0) is 41.8 Å². The molecule has 0 N–H and O–H groups in total. The van der Waals surface area contributed by atoms with Crippen LogP contribution in [0.15, 0.2) is 59.5 Å². The quantitative estimate of drug-likeness (QED) is 0.616. The minimum absolute atomic E-state index is 0.174. The van der Waals surface area contributed by atoms with Gasteiger partial charge in [-0.25, -0.2) is 21.9 Å². The predicted molar refractivity (Wildman–Crippen MR) is 101 cm³/mol. The number of rotatable bonds is 5. The third-order valence-electron chi connectivity index (χ3n) is 4.33. The Morgan fingerprint density at radius 2 is 1.56 bits per heavy atom. The van der Waals surface area contributed by atoms with Gasteiger partial charge in [-0.2, -0.15) is 5.10 Å². The summed E-state index contributed by atoms with van der Waals surface area (Å²) in [5, 5.41) is 4.05. The Morgan fingerprint density at radius 1 is 0.963 bits per heavy atom. The summed E-state index contributed by atoms with van der Waals surface area (Å²) >= 11 is 0. The van der Waals surface area contributed by atoms with Crippen molar-refractivity contribution < 1.29 is 17.2 Å². The van der Waals surface area contributed by atoms with E-state index in [2.05, 4.69) is 18.9 Å². The first-order valence-corrected chi connectivity index (χ1v) is 10.3. The molecule has 4 nitrogen and oxygen atoms in total. The van der Waals surface area contributed by atoms with E-state index in [0.717, 1.165) is 11.8 Å². The van der Waals surface area contributed by atoms with Crippen molar-refractivity contribution in [1.82, 2.24) is 9.78 Å². The van der Waals surface area contributed by atoms with Gasteiger partial charge < -0.3 is 0 Å². The molecular formula is C20H20F2N2O2S. The minimum Gasteiger partial charge on any atom is -0.233 e. The summed E-state index contributed by atoms with van der Waals surface area (Å²) in [5.41, 5.74) is 2.55. The van der Waals surface area contributed by atoms with E-state index in [4.69, 9.17) is 0 Å². The van der Waals surface area contributed by atoms with E-state index in [-0.39, 0.29) is 10.6 Å². The van der Waals surface area contributed by atoms with Gasteiger partial charge in [0.25, 0.3) is 6.43 Å². The van der Waals surface area contributed by atoms with Crippen LogP contribution >= 0.6 is 0 Å². The second kappa shape index (κ2) is 7.23. The highest BCUT2D eigenvalue weighted by Crippen LogP contribution is 2.29. The second-order valence-corrected chi connectivity index (χ2v) is 8.73. The number of halogens is 2. The lowest BCUT2D eigenvalue weighted by molar-refractivity contribution is 0.145. The summed E-state index contributed by atoms with van der Waals surface area (Å²) in [6.07, 6.45) is -1.58. The molecule has 142 valence electrons. The molecule has 7 heteroatoms. The van der Waals surface area contributed by atoms with Crippen molar-refractivity contribution in [2.75, 3.05) is 6.26 Å². The summed E-state index contributed by atoms with van der Waals surface area (Å²) in [5.74, 6) is 0.358. The highest BCUT2D eigenvalue weighted by Gasteiger charge is 2.18. The maximum atomic E-state index is 13.2. The molecule has 1 aromatic heterocycles. The highest BCUT2D eigenvalue weighted by molar-refractivity contribution is 7.90. The zero-order valence-electron chi connectivity index (χ0n) is 15.2. The van der Waals surface area contributed by atoms with E-state index in [1.165, 1.54) is 22.9 Å². The Hall–Kier alpha value is -2.54. The van der Waals surface area contributed by atoms with Gasteiger partial charge in [-0.1, -0.05) is 38.1 Å². The van der Waals surface area contributed by atoms with Crippen molar-refractivity contribution in [3.05, 3.63) is 65.9 Å². The topological polar surface area (TPSA) is 52.0 Å². The van der Waals surface area contributed by atoms with Crippen molar-refractivity contribution in [2.45, 2.75) is 31.1 Å². The maximum Gasteiger partial charge on any atom is 0.282 e. The lowest BCUT2D eigenvalue weighted by Crippen LogP contribution is -2.01. The average Bonchev–Trinajstić information content (AvgIpc) is 3.07. The molecule has 0 saturated carbocycles. The number of alkyl halides is 2. The number of benzene rings is 2. The SMILES string of the molecule is CC(C)c1ccc(-n2nc(C(F)F)cc2-c2ccc(S(C)(=O)=O)cc2)cc1. The molecule has 0 saturated heterocycles. The van der Waals surface area contributed by atoms with Gasteiger partial charge in [-0.3, -0.25) is 0 Å². The van der Waals surface area contributed by atoms with Crippen LogP contribution in [0.25, 0.3) is 16.9 Å². The van der Waals surface area contributed by atoms with Crippen molar-refractivity contribution in [3.63, 3.8) is 0 Å². The molecule has 0 radical (unpaired) electrons. The Kier molecular flexibility index (Phi) is 5.15. The van der Waals surface area contributed by atoms with Crippen LogP contribution in [0.3, 0.4) is 0 Å². The fourth-order valence-electron chi connectivity index (χ4n) is 2.78. The van der Waals surface area contributed by atoms with Crippen molar-refractivity contribution >= 4 is 9.84 Å². The molecule has 0 spiro atoms. The number of aromatic nitrogens is 2. The Bertz CT molecular complexity index is 1040. The molecule has 0 aliphatic heterocycles. The van der Waals surface area contributed by atoms with Gasteiger partial charge in [0.1, 0.15) is 5.69 Å². The molecule has 3 aromatic rings. The lowest BCUT2D eigenvalue weighted by Gasteiger charge is -2.10. The van der Waals surface area contributed by atoms with Crippen molar-refractivity contribution in [2.24, 2.45) is 0 Å². The van der Waals surface area contributed by atoms with Crippen LogP contribution in [0, 0.1) is 0 Å². The summed E-state index contributed by atoms with van der Waals surface area (Å²) < 4.78 is 51.2. The van der Waals surface area contributed by atoms with Gasteiger partial charge in [0.05, 0.1) is 16.3 Å². The summed E-state index contributed by atoms with van der Waals surface area (Å²) in [6, 6.07) is 15.0. The molecule has 0 aliphatic carbocycles. The number of hydrogen-bond acceptors (Lipinski definition) is 3. The molecule has 0 bridgehead atoms. The first kappa shape index (κ1) is 19.2. The van der Waals surface area contributed by atoms with Gasteiger partial charge in [0, 0.05) is 11.8 Å². The number of nitrogens with zero attached hydrogens (tertiary/aromatic N) is 2. The molecule has 0 atom stereocenters. The van der Waals surface area contributed by atoms with Crippen LogP contribution in [0.4, 0.5) is 8.78 Å². The van der Waals surface area contributed by atoms with E-state index >= 15 is 0 Å². The molecular weight excluding hydrogens is 370 g/mol. The molecule has 0 amide bonds. The van der Waals surface area contributed by atoms with E-state index in [9.17, 15) is 17.2 Å². The zero-order valence-corrected chi connectivity index (χ0v) is 16.0. The Morgan fingerprint density at radius 3 is 2.04 bits per heavy atom. The van der Waals surface area contributed by atoms with Gasteiger partial charge >= 0.3 is 0 Å². The standard InChI is InChI=1S/C20H20F2N2O2S/c1-13(2)14-4-8-16(9-5-14)24-19(12-18(23-24)20(21)22)15-6-10-17(11-7-15)27(3,25)26/h4-13,20H,1-3H3. The molecule has 0 unspecified atom stereocenters. The molecule has 1 heterocycles. The second-order valence-electron chi connectivity index (χ2n) is 6.71. The van der Waals surface area contributed by atoms with Gasteiger partial charge in [0.15, 0.2) is 9.84 Å².